The summed E-state index contributed by atoms with van der Waals surface area (Å²) >= 11 is 6.98. The fourth-order valence-corrected chi connectivity index (χ4v) is 2.20. The lowest BCUT2D eigenvalue weighted by molar-refractivity contribution is -0.118. The molecule has 1 aromatic heterocycles. The van der Waals surface area contributed by atoms with Crippen molar-refractivity contribution in [2.75, 3.05) is 24.7 Å². The Morgan fingerprint density at radius 3 is 2.86 bits per heavy atom. The minimum atomic E-state index is -0.122. The highest BCUT2D eigenvalue weighted by atomic mass is 35.5. The van der Waals surface area contributed by atoms with E-state index in [0.29, 0.717) is 29.1 Å². The normalized spacial score (nSPS) is 10.3. The molecular weight excluding hydrogens is 314 g/mol. The smallest absolute Gasteiger partial charge is 0.230 e. The maximum atomic E-state index is 11.6. The van der Waals surface area contributed by atoms with Crippen molar-refractivity contribution in [3.8, 4) is 5.75 Å². The third kappa shape index (κ3) is 5.16. The van der Waals surface area contributed by atoms with E-state index in [1.54, 1.807) is 24.3 Å². The monoisotopic (exact) mass is 327 g/mol. The lowest BCUT2D eigenvalue weighted by Gasteiger charge is -2.07. The Balaban J connectivity index is 1.61. The van der Waals surface area contributed by atoms with Crippen molar-refractivity contribution < 1.29 is 9.53 Å². The fourth-order valence-electron chi connectivity index (χ4n) is 1.41. The molecule has 21 heavy (non-hydrogen) atoms. The third-order valence-corrected chi connectivity index (χ3v) is 3.59. The molecule has 1 aromatic carbocycles. The molecule has 1 amide bonds. The van der Waals surface area contributed by atoms with Gasteiger partial charge in [-0.15, -0.1) is 10.2 Å². The maximum Gasteiger partial charge on any atom is 0.230 e. The second kappa shape index (κ2) is 7.75. The van der Waals surface area contributed by atoms with Gasteiger partial charge in [-0.1, -0.05) is 23.4 Å². The first-order valence-electron chi connectivity index (χ1n) is 6.08. The molecule has 3 N–H and O–H groups in total. The van der Waals surface area contributed by atoms with Gasteiger partial charge in [0.2, 0.25) is 11.1 Å². The zero-order chi connectivity index (χ0) is 15.1. The van der Waals surface area contributed by atoms with Crippen LogP contribution in [0, 0.1) is 0 Å². The molecule has 0 unspecified atom stereocenters. The van der Waals surface area contributed by atoms with Gasteiger partial charge in [0.05, 0.1) is 12.3 Å². The van der Waals surface area contributed by atoms with E-state index in [2.05, 4.69) is 15.5 Å². The molecule has 2 aromatic rings. The number of amides is 1. The molecule has 0 saturated heterocycles. The van der Waals surface area contributed by atoms with Gasteiger partial charge in [0.1, 0.15) is 18.7 Å². The lowest BCUT2D eigenvalue weighted by atomic mass is 10.3. The molecule has 0 atom stereocenters. The van der Waals surface area contributed by atoms with Crippen molar-refractivity contribution in [2.24, 2.45) is 0 Å². The summed E-state index contributed by atoms with van der Waals surface area (Å²) in [6.45, 7) is 0.794. The second-order valence-corrected chi connectivity index (χ2v) is 5.34. The number of aromatic nitrogens is 3. The molecule has 112 valence electrons. The number of ether oxygens (including phenoxy) is 1. The number of hydrogen-bond acceptors (Lipinski definition) is 6. The predicted molar refractivity (Wildman–Crippen MR) is 80.9 cm³/mol. The molecule has 2 rings (SSSR count). The first-order valence-corrected chi connectivity index (χ1v) is 7.44. The summed E-state index contributed by atoms with van der Waals surface area (Å²) in [7, 11) is 0. The minimum Gasteiger partial charge on any atom is -0.492 e. The van der Waals surface area contributed by atoms with Gasteiger partial charge in [-0.05, 0) is 24.3 Å². The Morgan fingerprint density at radius 2 is 2.19 bits per heavy atom. The number of halogens is 1. The van der Waals surface area contributed by atoms with Crippen LogP contribution in [0.1, 0.15) is 0 Å². The first kappa shape index (κ1) is 15.5. The van der Waals surface area contributed by atoms with E-state index in [-0.39, 0.29) is 11.7 Å². The average Bonchev–Trinajstić information content (AvgIpc) is 2.89. The van der Waals surface area contributed by atoms with Gasteiger partial charge in [0.25, 0.3) is 0 Å². The average molecular weight is 328 g/mol. The van der Waals surface area contributed by atoms with Gasteiger partial charge >= 0.3 is 0 Å². The molecule has 0 aliphatic rings. The molecule has 7 nitrogen and oxygen atoms in total. The van der Waals surface area contributed by atoms with Crippen LogP contribution in [0.5, 0.6) is 5.75 Å². The van der Waals surface area contributed by atoms with Gasteiger partial charge < -0.3 is 15.9 Å². The summed E-state index contributed by atoms with van der Waals surface area (Å²) in [5.41, 5.74) is 0. The predicted octanol–water partition coefficient (Wildman–Crippen LogP) is 0.933. The summed E-state index contributed by atoms with van der Waals surface area (Å²) in [5, 5.41) is 11.3. The van der Waals surface area contributed by atoms with Crippen LogP contribution in [0.25, 0.3) is 0 Å². The number of thioether (sulfide) groups is 1. The van der Waals surface area contributed by atoms with Crippen molar-refractivity contribution in [1.29, 1.82) is 0 Å². The quantitative estimate of drug-likeness (QED) is 0.446. The van der Waals surface area contributed by atoms with Crippen molar-refractivity contribution in [1.82, 2.24) is 20.2 Å². The zero-order valence-electron chi connectivity index (χ0n) is 11.0. The Hall–Kier alpha value is -1.93. The standard InChI is InChI=1S/C12H14ClN5O2S/c13-9-1-3-10(4-2-9)20-6-5-15-11(19)7-21-12-17-16-8-18(12)14/h1-4,8H,5-7,14H2,(H,15,19). The molecule has 1 heterocycles. The summed E-state index contributed by atoms with van der Waals surface area (Å²) < 4.78 is 6.72. The molecule has 0 spiro atoms. The van der Waals surface area contributed by atoms with E-state index in [0.717, 1.165) is 0 Å². The van der Waals surface area contributed by atoms with Gasteiger partial charge in [-0.25, -0.2) is 4.68 Å². The number of nitrogen functional groups attached to an aromatic ring is 1. The molecule has 0 fully saturated rings. The largest absolute Gasteiger partial charge is 0.492 e. The van der Waals surface area contributed by atoms with Crippen LogP contribution in [0.15, 0.2) is 35.7 Å². The summed E-state index contributed by atoms with van der Waals surface area (Å²) in [5.74, 6) is 6.34. The maximum absolute atomic E-state index is 11.6. The van der Waals surface area contributed by atoms with Crippen molar-refractivity contribution >= 4 is 29.3 Å². The van der Waals surface area contributed by atoms with Gasteiger partial charge in [-0.2, -0.15) is 0 Å². The Morgan fingerprint density at radius 1 is 1.43 bits per heavy atom. The van der Waals surface area contributed by atoms with E-state index in [9.17, 15) is 4.79 Å². The summed E-state index contributed by atoms with van der Waals surface area (Å²) in [6.07, 6.45) is 1.38. The fraction of sp³-hybridized carbons (Fsp3) is 0.250. The van der Waals surface area contributed by atoms with Crippen molar-refractivity contribution in [2.45, 2.75) is 5.16 Å². The van der Waals surface area contributed by atoms with Crippen LogP contribution in [0.3, 0.4) is 0 Å². The van der Waals surface area contributed by atoms with E-state index >= 15 is 0 Å². The highest BCUT2D eigenvalue weighted by Crippen LogP contribution is 2.15. The van der Waals surface area contributed by atoms with Crippen LogP contribution in [0.4, 0.5) is 0 Å². The van der Waals surface area contributed by atoms with Crippen LogP contribution in [0.2, 0.25) is 5.02 Å². The van der Waals surface area contributed by atoms with Crippen molar-refractivity contribution in [3.05, 3.63) is 35.6 Å². The van der Waals surface area contributed by atoms with Crippen LogP contribution >= 0.6 is 23.4 Å². The molecule has 0 saturated carbocycles. The molecule has 0 aliphatic heterocycles. The molecule has 0 radical (unpaired) electrons. The molecule has 0 aliphatic carbocycles. The summed E-state index contributed by atoms with van der Waals surface area (Å²) in [4.78, 5) is 11.6. The van der Waals surface area contributed by atoms with Crippen molar-refractivity contribution in [3.63, 3.8) is 0 Å². The molecule has 0 bridgehead atoms. The first-order chi connectivity index (χ1) is 10.1. The topological polar surface area (TPSA) is 95.1 Å². The Kier molecular flexibility index (Phi) is 5.70. The SMILES string of the molecule is Nn1cnnc1SCC(=O)NCCOc1ccc(Cl)cc1. The number of carbonyl (C=O) groups excluding carboxylic acids is 1. The second-order valence-electron chi connectivity index (χ2n) is 3.96. The Labute approximate surface area is 130 Å². The third-order valence-electron chi connectivity index (χ3n) is 2.38. The van der Waals surface area contributed by atoms with Crippen LogP contribution < -0.4 is 15.9 Å². The number of hydrogen-bond donors (Lipinski definition) is 2. The van der Waals surface area contributed by atoms with E-state index in [1.807, 2.05) is 0 Å². The van der Waals surface area contributed by atoms with Gasteiger partial charge in [-0.3, -0.25) is 4.79 Å². The number of benzene rings is 1. The van der Waals surface area contributed by atoms with E-state index < -0.39 is 0 Å². The zero-order valence-corrected chi connectivity index (χ0v) is 12.6. The number of nitrogens with two attached hydrogens (primary N) is 1. The molecular formula is C12H14ClN5O2S. The van der Waals surface area contributed by atoms with E-state index in [4.69, 9.17) is 22.2 Å². The lowest BCUT2D eigenvalue weighted by Crippen LogP contribution is -2.29. The molecule has 9 heteroatoms. The minimum absolute atomic E-state index is 0.122. The highest BCUT2D eigenvalue weighted by molar-refractivity contribution is 7.99. The number of nitrogens with one attached hydrogen (secondary N) is 1. The van der Waals surface area contributed by atoms with Gasteiger partial charge in [0, 0.05) is 5.02 Å². The van der Waals surface area contributed by atoms with E-state index in [1.165, 1.54) is 22.8 Å². The number of nitrogens with zero attached hydrogens (tertiary/aromatic N) is 3. The number of carbonyl (C=O) groups is 1. The Bertz CT molecular complexity index is 590. The van der Waals surface area contributed by atoms with Gasteiger partial charge in [0.15, 0.2) is 0 Å². The van der Waals surface area contributed by atoms with Crippen LogP contribution in [-0.4, -0.2) is 39.7 Å². The number of rotatable bonds is 7. The summed E-state index contributed by atoms with van der Waals surface area (Å²) in [6, 6.07) is 7.03. The van der Waals surface area contributed by atoms with Crippen LogP contribution in [-0.2, 0) is 4.79 Å². The highest BCUT2D eigenvalue weighted by Gasteiger charge is 2.06.